The molecule has 0 amide bonds. The Bertz CT molecular complexity index is 409. The standard InChI is InChI=1S/C12H17BrClN3/c1-12(2)4-3-6-17(7-5-12)11-9(13)10(14)15-8-16-11/h8H,3-7H2,1-2H3. The first-order valence-electron chi connectivity index (χ1n) is 5.90. The van der Waals surface area contributed by atoms with Gasteiger partial charge in [-0.15, -0.1) is 0 Å². The third-order valence-corrected chi connectivity index (χ3v) is 4.61. The van der Waals surface area contributed by atoms with Gasteiger partial charge in [0.05, 0.1) is 4.47 Å². The summed E-state index contributed by atoms with van der Waals surface area (Å²) in [5.41, 5.74) is 0.429. The maximum absolute atomic E-state index is 6.01. The van der Waals surface area contributed by atoms with Crippen LogP contribution in [0.3, 0.4) is 0 Å². The van der Waals surface area contributed by atoms with Gasteiger partial charge in [0.2, 0.25) is 0 Å². The zero-order valence-electron chi connectivity index (χ0n) is 10.2. The Labute approximate surface area is 116 Å². The van der Waals surface area contributed by atoms with Crippen molar-refractivity contribution in [3.05, 3.63) is 16.0 Å². The van der Waals surface area contributed by atoms with Gasteiger partial charge in [0, 0.05) is 13.1 Å². The largest absolute Gasteiger partial charge is 0.356 e. The minimum absolute atomic E-state index is 0.429. The van der Waals surface area contributed by atoms with Crippen LogP contribution in [0.25, 0.3) is 0 Å². The van der Waals surface area contributed by atoms with Crippen molar-refractivity contribution in [2.45, 2.75) is 33.1 Å². The van der Waals surface area contributed by atoms with Crippen molar-refractivity contribution in [2.75, 3.05) is 18.0 Å². The molecule has 94 valence electrons. The van der Waals surface area contributed by atoms with Crippen LogP contribution >= 0.6 is 27.5 Å². The van der Waals surface area contributed by atoms with E-state index in [0.29, 0.717) is 10.6 Å². The van der Waals surface area contributed by atoms with Crippen molar-refractivity contribution in [2.24, 2.45) is 5.41 Å². The summed E-state index contributed by atoms with van der Waals surface area (Å²) >= 11 is 9.48. The van der Waals surface area contributed by atoms with Crippen LogP contribution < -0.4 is 4.90 Å². The van der Waals surface area contributed by atoms with Gasteiger partial charge in [-0.2, -0.15) is 0 Å². The van der Waals surface area contributed by atoms with E-state index < -0.39 is 0 Å². The van der Waals surface area contributed by atoms with Crippen molar-refractivity contribution >= 4 is 33.3 Å². The Morgan fingerprint density at radius 2 is 2.06 bits per heavy atom. The smallest absolute Gasteiger partial charge is 0.148 e. The van der Waals surface area contributed by atoms with Crippen molar-refractivity contribution in [1.82, 2.24) is 9.97 Å². The second kappa shape index (κ2) is 5.11. The van der Waals surface area contributed by atoms with E-state index in [1.807, 2.05) is 0 Å². The molecule has 0 saturated carbocycles. The molecule has 1 aliphatic heterocycles. The van der Waals surface area contributed by atoms with Crippen molar-refractivity contribution in [3.63, 3.8) is 0 Å². The average Bonchev–Trinajstić information content (AvgIpc) is 2.44. The summed E-state index contributed by atoms with van der Waals surface area (Å²) in [5, 5.41) is 0.485. The maximum Gasteiger partial charge on any atom is 0.148 e. The fourth-order valence-electron chi connectivity index (χ4n) is 2.20. The number of nitrogens with zero attached hydrogens (tertiary/aromatic N) is 3. The van der Waals surface area contributed by atoms with E-state index in [9.17, 15) is 0 Å². The van der Waals surface area contributed by atoms with Gasteiger partial charge < -0.3 is 4.90 Å². The summed E-state index contributed by atoms with van der Waals surface area (Å²) in [7, 11) is 0. The second-order valence-corrected chi connectivity index (χ2v) is 6.46. The molecular weight excluding hydrogens is 302 g/mol. The number of halogens is 2. The van der Waals surface area contributed by atoms with Crippen molar-refractivity contribution in [1.29, 1.82) is 0 Å². The monoisotopic (exact) mass is 317 g/mol. The van der Waals surface area contributed by atoms with E-state index in [4.69, 9.17) is 11.6 Å². The van der Waals surface area contributed by atoms with Gasteiger partial charge in [0.15, 0.2) is 0 Å². The molecule has 1 aromatic heterocycles. The van der Waals surface area contributed by atoms with E-state index in [2.05, 4.69) is 44.6 Å². The van der Waals surface area contributed by atoms with E-state index in [-0.39, 0.29) is 0 Å². The first-order chi connectivity index (χ1) is 7.99. The Morgan fingerprint density at radius 3 is 2.82 bits per heavy atom. The SMILES string of the molecule is CC1(C)CCCN(c2ncnc(Cl)c2Br)CC1. The molecule has 0 unspecified atom stereocenters. The third-order valence-electron chi connectivity index (χ3n) is 3.37. The summed E-state index contributed by atoms with van der Waals surface area (Å²) in [6.07, 6.45) is 5.17. The van der Waals surface area contributed by atoms with Crippen molar-refractivity contribution in [3.8, 4) is 0 Å². The first-order valence-corrected chi connectivity index (χ1v) is 7.08. The molecule has 0 aliphatic carbocycles. The normalized spacial score (nSPS) is 20.1. The summed E-state index contributed by atoms with van der Waals surface area (Å²) in [5.74, 6) is 0.919. The lowest BCUT2D eigenvalue weighted by Crippen LogP contribution is -2.26. The van der Waals surface area contributed by atoms with E-state index >= 15 is 0 Å². The van der Waals surface area contributed by atoms with Gasteiger partial charge in [-0.05, 0) is 40.6 Å². The van der Waals surface area contributed by atoms with Crippen molar-refractivity contribution < 1.29 is 0 Å². The number of anilines is 1. The Balaban J connectivity index is 2.20. The van der Waals surface area contributed by atoms with Gasteiger partial charge in [0.25, 0.3) is 0 Å². The van der Waals surface area contributed by atoms with Crippen LogP contribution in [0.15, 0.2) is 10.8 Å². The Morgan fingerprint density at radius 1 is 1.29 bits per heavy atom. The molecule has 1 saturated heterocycles. The molecule has 0 radical (unpaired) electrons. The van der Waals surface area contributed by atoms with Crippen LogP contribution in [0.5, 0.6) is 0 Å². The molecule has 5 heteroatoms. The number of hydrogen-bond acceptors (Lipinski definition) is 3. The highest BCUT2D eigenvalue weighted by molar-refractivity contribution is 9.10. The minimum Gasteiger partial charge on any atom is -0.356 e. The molecule has 1 fully saturated rings. The van der Waals surface area contributed by atoms with Gasteiger partial charge in [-0.25, -0.2) is 9.97 Å². The third kappa shape index (κ3) is 3.10. The fraction of sp³-hybridized carbons (Fsp3) is 0.667. The molecule has 2 rings (SSSR count). The van der Waals surface area contributed by atoms with Crippen LogP contribution in [0.1, 0.15) is 33.1 Å². The summed E-state index contributed by atoms with van der Waals surface area (Å²) in [6.45, 7) is 6.73. The van der Waals surface area contributed by atoms with Crippen LogP contribution in [0.4, 0.5) is 5.82 Å². The van der Waals surface area contributed by atoms with E-state index in [1.54, 1.807) is 0 Å². The second-order valence-electron chi connectivity index (χ2n) is 5.31. The number of rotatable bonds is 1. The Hall–Kier alpha value is -0.350. The van der Waals surface area contributed by atoms with E-state index in [1.165, 1.54) is 25.6 Å². The van der Waals surface area contributed by atoms with Gasteiger partial charge in [-0.1, -0.05) is 25.4 Å². The molecule has 0 atom stereocenters. The summed E-state index contributed by atoms with van der Waals surface area (Å²) in [4.78, 5) is 10.6. The highest BCUT2D eigenvalue weighted by Crippen LogP contribution is 2.34. The zero-order chi connectivity index (χ0) is 12.5. The fourth-order valence-corrected chi connectivity index (χ4v) is 2.78. The molecule has 17 heavy (non-hydrogen) atoms. The van der Waals surface area contributed by atoms with Crippen LogP contribution in [0.2, 0.25) is 5.15 Å². The van der Waals surface area contributed by atoms with Crippen LogP contribution in [0, 0.1) is 5.41 Å². The lowest BCUT2D eigenvalue weighted by molar-refractivity contribution is 0.325. The maximum atomic E-state index is 6.01. The quantitative estimate of drug-likeness (QED) is 0.735. The minimum atomic E-state index is 0.429. The van der Waals surface area contributed by atoms with Gasteiger partial charge in [0.1, 0.15) is 17.3 Å². The highest BCUT2D eigenvalue weighted by atomic mass is 79.9. The predicted octanol–water partition coefficient (Wildman–Crippen LogP) is 3.91. The summed E-state index contributed by atoms with van der Waals surface area (Å²) < 4.78 is 0.807. The Kier molecular flexibility index (Phi) is 3.93. The first kappa shape index (κ1) is 13.1. The molecule has 0 N–H and O–H groups in total. The number of hydrogen-bond donors (Lipinski definition) is 0. The molecule has 1 aromatic rings. The molecular formula is C12H17BrClN3. The topological polar surface area (TPSA) is 29.0 Å². The van der Waals surface area contributed by atoms with Crippen LogP contribution in [-0.4, -0.2) is 23.1 Å². The van der Waals surface area contributed by atoms with Crippen LogP contribution in [-0.2, 0) is 0 Å². The lowest BCUT2D eigenvalue weighted by atomic mass is 9.85. The molecule has 0 bridgehead atoms. The van der Waals surface area contributed by atoms with Gasteiger partial charge >= 0.3 is 0 Å². The lowest BCUT2D eigenvalue weighted by Gasteiger charge is -2.24. The molecule has 3 nitrogen and oxygen atoms in total. The molecule has 0 aromatic carbocycles. The summed E-state index contributed by atoms with van der Waals surface area (Å²) in [6, 6.07) is 0. The van der Waals surface area contributed by atoms with E-state index in [0.717, 1.165) is 23.4 Å². The highest BCUT2D eigenvalue weighted by Gasteiger charge is 2.24. The molecule has 1 aliphatic rings. The zero-order valence-corrected chi connectivity index (χ0v) is 12.6. The molecule has 0 spiro atoms. The number of aromatic nitrogens is 2. The average molecular weight is 319 g/mol. The molecule has 2 heterocycles. The van der Waals surface area contributed by atoms with Gasteiger partial charge in [-0.3, -0.25) is 0 Å². The predicted molar refractivity (Wildman–Crippen MR) is 74.6 cm³/mol.